The highest BCUT2D eigenvalue weighted by Gasteiger charge is 2.26. The van der Waals surface area contributed by atoms with E-state index >= 15 is 0 Å². The summed E-state index contributed by atoms with van der Waals surface area (Å²) >= 11 is 0. The van der Waals surface area contributed by atoms with Crippen LogP contribution in [-0.2, 0) is 0 Å². The summed E-state index contributed by atoms with van der Waals surface area (Å²) in [4.78, 5) is 0. The molecule has 0 aliphatic heterocycles. The summed E-state index contributed by atoms with van der Waals surface area (Å²) in [5, 5.41) is 8.77. The maximum absolute atomic E-state index is 2.50. The van der Waals surface area contributed by atoms with Crippen LogP contribution in [0.3, 0.4) is 0 Å². The van der Waals surface area contributed by atoms with Gasteiger partial charge in [-0.1, -0.05) is 152 Å². The highest BCUT2D eigenvalue weighted by atomic mass is 15.1. The van der Waals surface area contributed by atoms with Gasteiger partial charge in [-0.05, 0) is 63.0 Å². The van der Waals surface area contributed by atoms with E-state index in [1.165, 1.54) is 76.6 Å². The molecule has 0 N–H and O–H groups in total. The van der Waals surface area contributed by atoms with Gasteiger partial charge in [0.05, 0.1) is 22.2 Å². The summed E-state index contributed by atoms with van der Waals surface area (Å²) in [7, 11) is 0. The van der Waals surface area contributed by atoms with Gasteiger partial charge in [0, 0.05) is 33.1 Å². The fourth-order valence-electron chi connectivity index (χ4n) is 7.83. The number of hydrogen-bond donors (Lipinski definition) is 0. The van der Waals surface area contributed by atoms with Gasteiger partial charge in [-0.2, -0.15) is 0 Å². The van der Waals surface area contributed by atoms with E-state index in [0.717, 1.165) is 11.4 Å². The highest BCUT2D eigenvalue weighted by Crippen LogP contribution is 2.47. The lowest BCUT2D eigenvalue weighted by atomic mass is 9.98. The van der Waals surface area contributed by atoms with Crippen LogP contribution in [0.1, 0.15) is 0 Å². The van der Waals surface area contributed by atoms with E-state index in [4.69, 9.17) is 0 Å². The molecule has 2 heteroatoms. The Morgan fingerprint density at radius 2 is 0.875 bits per heavy atom. The Balaban J connectivity index is 1.42. The maximum Gasteiger partial charge on any atom is 0.0789 e. The van der Waals surface area contributed by atoms with Crippen molar-refractivity contribution in [1.29, 1.82) is 0 Å². The van der Waals surface area contributed by atoms with E-state index in [-0.39, 0.29) is 0 Å². The molecule has 0 bridgehead atoms. The van der Waals surface area contributed by atoms with Crippen molar-refractivity contribution >= 4 is 54.3 Å². The standard InChI is InChI=1S/C46H30N2/c1-4-15-32(16-5-1)43-41-29-28-40-39-22-12-13-23-42(39)47(36-26-27-38-34(30-36)25-24-31-14-10-11-21-37(31)38)45(40)46(41)48(35-19-8-3-9-20-35)44(43)33-17-6-2-7-18-33/h1-30H. The van der Waals surface area contributed by atoms with Crippen molar-refractivity contribution in [2.45, 2.75) is 0 Å². The van der Waals surface area contributed by atoms with Crippen molar-refractivity contribution < 1.29 is 0 Å². The number of nitrogens with zero attached hydrogens (tertiary/aromatic N) is 2. The third kappa shape index (κ3) is 3.93. The van der Waals surface area contributed by atoms with Crippen molar-refractivity contribution in [1.82, 2.24) is 9.13 Å². The third-order valence-corrected chi connectivity index (χ3v) is 9.87. The second-order valence-electron chi connectivity index (χ2n) is 12.5. The summed E-state index contributed by atoms with van der Waals surface area (Å²) in [6.07, 6.45) is 0. The van der Waals surface area contributed by atoms with Crippen LogP contribution in [0.5, 0.6) is 0 Å². The van der Waals surface area contributed by atoms with Gasteiger partial charge in [-0.3, -0.25) is 0 Å². The van der Waals surface area contributed by atoms with Crippen LogP contribution in [0.4, 0.5) is 0 Å². The Kier molecular flexibility index (Phi) is 5.91. The van der Waals surface area contributed by atoms with E-state index in [9.17, 15) is 0 Å². The molecule has 2 nitrogen and oxygen atoms in total. The van der Waals surface area contributed by atoms with E-state index in [1.807, 2.05) is 0 Å². The molecule has 2 aromatic heterocycles. The first-order valence-electron chi connectivity index (χ1n) is 16.5. The lowest BCUT2D eigenvalue weighted by Gasteiger charge is -2.15. The molecule has 8 aromatic carbocycles. The lowest BCUT2D eigenvalue weighted by Crippen LogP contribution is -2.00. The fourth-order valence-corrected chi connectivity index (χ4v) is 7.83. The molecule has 0 atom stereocenters. The molecule has 10 aromatic rings. The number of aromatic nitrogens is 2. The van der Waals surface area contributed by atoms with Gasteiger partial charge >= 0.3 is 0 Å². The Morgan fingerprint density at radius 3 is 1.67 bits per heavy atom. The molecular weight excluding hydrogens is 581 g/mol. The predicted octanol–water partition coefficient (Wildman–Crippen LogP) is 12.4. The molecule has 0 fully saturated rings. The number of benzene rings is 8. The zero-order valence-electron chi connectivity index (χ0n) is 26.2. The van der Waals surface area contributed by atoms with Crippen molar-refractivity contribution in [3.05, 3.63) is 182 Å². The Hall–Kier alpha value is -6.38. The molecule has 0 radical (unpaired) electrons. The molecule has 2 heterocycles. The summed E-state index contributed by atoms with van der Waals surface area (Å²) in [5.74, 6) is 0. The topological polar surface area (TPSA) is 9.86 Å². The van der Waals surface area contributed by atoms with Crippen LogP contribution in [0.25, 0.3) is 88.0 Å². The predicted molar refractivity (Wildman–Crippen MR) is 203 cm³/mol. The molecule has 0 saturated heterocycles. The number of rotatable bonds is 4. The van der Waals surface area contributed by atoms with E-state index in [2.05, 4.69) is 191 Å². The highest BCUT2D eigenvalue weighted by molar-refractivity contribution is 6.22. The van der Waals surface area contributed by atoms with Crippen LogP contribution in [0.2, 0.25) is 0 Å². The van der Waals surface area contributed by atoms with Crippen LogP contribution in [0, 0.1) is 0 Å². The SMILES string of the molecule is c1ccc(-c2c(-c3ccccc3)n(-c3ccccc3)c3c2ccc2c4ccccc4n(-c4ccc5c(ccc6ccccc65)c4)c23)cc1. The van der Waals surface area contributed by atoms with Gasteiger partial charge in [-0.15, -0.1) is 0 Å². The minimum Gasteiger partial charge on any atom is -0.307 e. The van der Waals surface area contributed by atoms with Crippen LogP contribution < -0.4 is 0 Å². The normalized spacial score (nSPS) is 11.8. The first kappa shape index (κ1) is 26.8. The first-order chi connectivity index (χ1) is 23.8. The molecular formula is C46H30N2. The van der Waals surface area contributed by atoms with E-state index in [1.54, 1.807) is 0 Å². The van der Waals surface area contributed by atoms with Crippen LogP contribution in [-0.4, -0.2) is 9.13 Å². The molecule has 0 spiro atoms. The van der Waals surface area contributed by atoms with Gasteiger partial charge < -0.3 is 9.13 Å². The molecule has 0 aliphatic carbocycles. The van der Waals surface area contributed by atoms with E-state index < -0.39 is 0 Å². The zero-order valence-corrected chi connectivity index (χ0v) is 26.2. The first-order valence-corrected chi connectivity index (χ1v) is 16.5. The number of para-hydroxylation sites is 2. The van der Waals surface area contributed by atoms with E-state index in [0.29, 0.717) is 0 Å². The quantitative estimate of drug-likeness (QED) is 0.175. The Labute approximate surface area is 278 Å². The average molecular weight is 611 g/mol. The van der Waals surface area contributed by atoms with Crippen molar-refractivity contribution in [3.8, 4) is 33.8 Å². The molecule has 224 valence electrons. The second kappa shape index (κ2) is 10.6. The van der Waals surface area contributed by atoms with Gasteiger partial charge in [0.25, 0.3) is 0 Å². The molecule has 0 saturated carbocycles. The lowest BCUT2D eigenvalue weighted by molar-refractivity contribution is 1.12. The monoisotopic (exact) mass is 610 g/mol. The molecule has 0 aliphatic rings. The summed E-state index contributed by atoms with van der Waals surface area (Å²) in [5.41, 5.74) is 10.7. The molecule has 48 heavy (non-hydrogen) atoms. The molecule has 10 rings (SSSR count). The third-order valence-electron chi connectivity index (χ3n) is 9.87. The summed E-state index contributed by atoms with van der Waals surface area (Å²) in [6.45, 7) is 0. The van der Waals surface area contributed by atoms with Gasteiger partial charge in [0.1, 0.15) is 0 Å². The minimum absolute atomic E-state index is 1.14. The number of fused-ring (bicyclic) bond motifs is 8. The molecule has 0 amide bonds. The zero-order chi connectivity index (χ0) is 31.6. The van der Waals surface area contributed by atoms with Crippen LogP contribution >= 0.6 is 0 Å². The average Bonchev–Trinajstić information content (AvgIpc) is 3.69. The van der Waals surface area contributed by atoms with Crippen molar-refractivity contribution in [2.75, 3.05) is 0 Å². The van der Waals surface area contributed by atoms with Crippen molar-refractivity contribution in [2.24, 2.45) is 0 Å². The van der Waals surface area contributed by atoms with Gasteiger partial charge in [0.2, 0.25) is 0 Å². The summed E-state index contributed by atoms with van der Waals surface area (Å²) in [6, 6.07) is 66.2. The fraction of sp³-hybridized carbons (Fsp3) is 0. The number of hydrogen-bond acceptors (Lipinski definition) is 0. The minimum atomic E-state index is 1.14. The summed E-state index contributed by atoms with van der Waals surface area (Å²) < 4.78 is 4.99. The largest absolute Gasteiger partial charge is 0.307 e. The molecule has 0 unspecified atom stereocenters. The van der Waals surface area contributed by atoms with Crippen molar-refractivity contribution in [3.63, 3.8) is 0 Å². The van der Waals surface area contributed by atoms with Gasteiger partial charge in [0.15, 0.2) is 0 Å². The Bertz CT molecular complexity index is 2810. The Morgan fingerprint density at radius 1 is 0.312 bits per heavy atom. The van der Waals surface area contributed by atoms with Gasteiger partial charge in [-0.25, -0.2) is 0 Å². The van der Waals surface area contributed by atoms with Crippen LogP contribution in [0.15, 0.2) is 182 Å². The smallest absolute Gasteiger partial charge is 0.0789 e. The maximum atomic E-state index is 2.50. The second-order valence-corrected chi connectivity index (χ2v) is 12.5.